The van der Waals surface area contributed by atoms with Crippen LogP contribution in [-0.2, 0) is 23.8 Å². The number of aliphatic hydroxyl groups is 4. The van der Waals surface area contributed by atoms with Gasteiger partial charge in [0, 0.05) is 118 Å². The molecule has 1 saturated heterocycles. The third-order valence-corrected chi connectivity index (χ3v) is 13.2. The van der Waals surface area contributed by atoms with E-state index in [0.717, 1.165) is 0 Å². The topological polar surface area (TPSA) is 189 Å². The molecule has 302 valence electrons. The SMILES string of the molecule is CC1=C2C(O)C(=O)[C@]3(C)C(O)CC4OC[C@@]4(O)C3C(OC(=O)c3ccccc3)C(O)(CC1OC(=O)[C@H](C)C(NC(=O)c1ccccc1)c1ccccc1)C2(C)C.[Ac].[Ac]. The predicted octanol–water partition coefficient (Wildman–Crippen LogP) is 3.87. The minimum absolute atomic E-state index is 0. The average Bonchev–Trinajstić information content (AvgIpc) is 3.19. The van der Waals surface area contributed by atoms with Gasteiger partial charge >= 0.3 is 11.9 Å². The summed E-state index contributed by atoms with van der Waals surface area (Å²) in [5, 5.41) is 52.4. The first kappa shape index (κ1) is 47.2. The quantitative estimate of drug-likeness (QED) is 0.163. The minimum atomic E-state index is -2.22. The van der Waals surface area contributed by atoms with E-state index in [1.165, 1.54) is 19.1 Å². The molecule has 3 aromatic carbocycles. The molecule has 2 bridgehead atoms. The van der Waals surface area contributed by atoms with Crippen molar-refractivity contribution in [1.29, 1.82) is 0 Å². The van der Waals surface area contributed by atoms with E-state index in [1.54, 1.807) is 100 Å². The van der Waals surface area contributed by atoms with Gasteiger partial charge in [-0.2, -0.15) is 0 Å². The average molecular weight is 1220 g/mol. The maximum atomic E-state index is 14.8. The Morgan fingerprint density at radius 1 is 0.845 bits per heavy atom. The van der Waals surface area contributed by atoms with Crippen LogP contribution in [0.4, 0.5) is 0 Å². The standard InChI is InChI=1S/C44H49NO11.2Ac/c1-24-29(55-39(50)25(2)33(26-15-9-6-10-16-26)45-38(49)27-17-11-7-12-18-27)22-44(53)37(56-40(51)28-19-13-8-14-20-28)35-42(5,30(46)21-31-43(35,52)23-54-31)36(48)34(47)32(24)41(44,3)4;;/h6-20,25,29-31,33-35,37,46-47,52-53H,21-23H2,1-5H3,(H,45,49);;/t25-,29?,30?,31?,33?,34?,35?,37?,42-,43+,44?;;/m1../s1. The maximum Gasteiger partial charge on any atom is 0.338 e. The van der Waals surface area contributed by atoms with E-state index in [2.05, 4.69) is 5.32 Å². The van der Waals surface area contributed by atoms with E-state index in [4.69, 9.17) is 14.2 Å². The van der Waals surface area contributed by atoms with E-state index in [0.29, 0.717) is 16.7 Å². The first-order chi connectivity index (χ1) is 26.5. The van der Waals surface area contributed by atoms with E-state index in [-0.39, 0.29) is 119 Å². The van der Waals surface area contributed by atoms with Crippen molar-refractivity contribution < 1.29 is 142 Å². The van der Waals surface area contributed by atoms with Crippen LogP contribution in [0.15, 0.2) is 102 Å². The molecule has 2 saturated carbocycles. The zero-order valence-electron chi connectivity index (χ0n) is 33.2. The van der Waals surface area contributed by atoms with Gasteiger partial charge in [-0.1, -0.05) is 80.6 Å². The van der Waals surface area contributed by atoms with Crippen molar-refractivity contribution in [3.8, 4) is 0 Å². The van der Waals surface area contributed by atoms with Crippen molar-refractivity contribution in [3.05, 3.63) is 119 Å². The third kappa shape index (κ3) is 7.79. The fourth-order valence-corrected chi connectivity index (χ4v) is 9.73. The van der Waals surface area contributed by atoms with Gasteiger partial charge in [0.1, 0.15) is 29.5 Å². The summed E-state index contributed by atoms with van der Waals surface area (Å²) in [6.45, 7) is 7.57. The summed E-state index contributed by atoms with van der Waals surface area (Å²) in [5.41, 5.74) is -6.02. The third-order valence-electron chi connectivity index (χ3n) is 13.2. The molecule has 1 heterocycles. The molecule has 12 nitrogen and oxygen atoms in total. The molecule has 8 unspecified atom stereocenters. The first-order valence-electron chi connectivity index (χ1n) is 19.0. The number of hydrogen-bond acceptors (Lipinski definition) is 11. The van der Waals surface area contributed by atoms with Gasteiger partial charge in [-0.3, -0.25) is 14.4 Å². The maximum absolute atomic E-state index is 14.8. The molecule has 3 fully saturated rings. The Morgan fingerprint density at radius 3 is 1.95 bits per heavy atom. The molecule has 5 N–H and O–H groups in total. The zero-order valence-corrected chi connectivity index (χ0v) is 42.7. The van der Waals surface area contributed by atoms with Gasteiger partial charge in [-0.25, -0.2) is 4.79 Å². The van der Waals surface area contributed by atoms with Crippen molar-refractivity contribution in [3.63, 3.8) is 0 Å². The van der Waals surface area contributed by atoms with Crippen LogP contribution in [0.3, 0.4) is 0 Å². The summed E-state index contributed by atoms with van der Waals surface area (Å²) >= 11 is 0. The Balaban J connectivity index is 0.00000320. The number of carbonyl (C=O) groups excluding carboxylic acids is 4. The Kier molecular flexibility index (Phi) is 14.5. The number of nitrogens with one attached hydrogen (secondary N) is 1. The number of rotatable bonds is 8. The number of fused-ring (bicyclic) bond motifs is 5. The number of benzene rings is 3. The number of amides is 1. The Bertz CT molecular complexity index is 2050. The van der Waals surface area contributed by atoms with Crippen molar-refractivity contribution in [2.45, 2.75) is 95.2 Å². The summed E-state index contributed by atoms with van der Waals surface area (Å²) in [6, 6.07) is 24.7. The molecular weight excluding hydrogens is 1170 g/mol. The van der Waals surface area contributed by atoms with Gasteiger partial charge in [-0.05, 0) is 61.7 Å². The van der Waals surface area contributed by atoms with E-state index in [1.807, 2.05) is 6.07 Å². The number of aliphatic hydroxyl groups excluding tert-OH is 2. The molecule has 0 spiro atoms. The smallest absolute Gasteiger partial charge is 0.338 e. The van der Waals surface area contributed by atoms with E-state index >= 15 is 0 Å². The van der Waals surface area contributed by atoms with E-state index < -0.39 is 94.1 Å². The fraction of sp³-hybridized carbons (Fsp3) is 0.455. The van der Waals surface area contributed by atoms with Gasteiger partial charge in [0.25, 0.3) is 5.91 Å². The summed E-state index contributed by atoms with van der Waals surface area (Å²) in [4.78, 5) is 56.5. The van der Waals surface area contributed by atoms with Gasteiger partial charge < -0.3 is 40.0 Å². The Morgan fingerprint density at radius 2 is 1.40 bits per heavy atom. The van der Waals surface area contributed by atoms with Crippen molar-refractivity contribution >= 4 is 23.6 Å². The number of carbonyl (C=O) groups is 4. The first-order valence-corrected chi connectivity index (χ1v) is 19.0. The summed E-state index contributed by atoms with van der Waals surface area (Å²) in [6.07, 6.45) is -7.80. The van der Waals surface area contributed by atoms with Crippen LogP contribution in [0.25, 0.3) is 0 Å². The molecule has 1 aliphatic heterocycles. The van der Waals surface area contributed by atoms with Crippen LogP contribution in [-0.4, -0.2) is 92.4 Å². The van der Waals surface area contributed by atoms with Crippen LogP contribution >= 0.6 is 0 Å². The molecule has 1 amide bonds. The summed E-state index contributed by atoms with van der Waals surface area (Å²) < 4.78 is 18.2. The van der Waals surface area contributed by atoms with Gasteiger partial charge in [0.2, 0.25) is 0 Å². The largest absolute Gasteiger partial charge is 0.457 e. The van der Waals surface area contributed by atoms with Crippen LogP contribution < -0.4 is 5.32 Å². The zero-order chi connectivity index (χ0) is 40.4. The second kappa shape index (κ2) is 17.9. The summed E-state index contributed by atoms with van der Waals surface area (Å²) in [5.74, 6) is -5.31. The molecule has 14 heteroatoms. The van der Waals surface area contributed by atoms with Gasteiger partial charge in [0.05, 0.1) is 41.8 Å². The Hall–Kier alpha value is -1.84. The van der Waals surface area contributed by atoms with Gasteiger partial charge in [-0.15, -0.1) is 0 Å². The monoisotopic (exact) mass is 1220 g/mol. The number of Topliss-reactive ketones (excluding diaryl/α,β-unsaturated/α-hetero) is 1. The molecule has 58 heavy (non-hydrogen) atoms. The Labute approximate surface area is 409 Å². The molecule has 7 rings (SSSR count). The molecule has 11 atom stereocenters. The molecule has 4 aliphatic rings. The minimum Gasteiger partial charge on any atom is -0.457 e. The summed E-state index contributed by atoms with van der Waals surface area (Å²) in [7, 11) is 0. The fourth-order valence-electron chi connectivity index (χ4n) is 9.73. The molecular formula is C44H49Ac2NO11. The van der Waals surface area contributed by atoms with Crippen LogP contribution in [0.5, 0.6) is 0 Å². The van der Waals surface area contributed by atoms with Crippen molar-refractivity contribution in [1.82, 2.24) is 5.32 Å². The number of ether oxygens (including phenoxy) is 3. The predicted molar refractivity (Wildman–Crippen MR) is 202 cm³/mol. The van der Waals surface area contributed by atoms with E-state index in [9.17, 15) is 39.6 Å². The molecule has 2 radical (unpaired) electrons. The normalized spacial score (nSPS) is 33.1. The number of esters is 2. The van der Waals surface area contributed by atoms with Crippen LogP contribution in [0.1, 0.15) is 79.8 Å². The van der Waals surface area contributed by atoms with Crippen LogP contribution in [0, 0.1) is 111 Å². The van der Waals surface area contributed by atoms with Crippen molar-refractivity contribution in [2.75, 3.05) is 6.61 Å². The number of ketones is 1. The molecule has 0 aromatic heterocycles. The molecule has 3 aromatic rings. The van der Waals surface area contributed by atoms with Crippen molar-refractivity contribution in [2.24, 2.45) is 22.7 Å². The number of hydrogen-bond donors (Lipinski definition) is 5. The second-order valence-corrected chi connectivity index (χ2v) is 16.6. The molecule has 3 aliphatic carbocycles. The second-order valence-electron chi connectivity index (χ2n) is 16.6. The van der Waals surface area contributed by atoms with Crippen LogP contribution in [0.2, 0.25) is 0 Å². The van der Waals surface area contributed by atoms with Gasteiger partial charge in [0.15, 0.2) is 5.78 Å².